The lowest BCUT2D eigenvalue weighted by molar-refractivity contribution is -0.145. The minimum atomic E-state index is -0.916. The van der Waals surface area contributed by atoms with Gasteiger partial charge in [0.2, 0.25) is 5.91 Å². The van der Waals surface area contributed by atoms with Gasteiger partial charge in [-0.3, -0.25) is 9.59 Å². The summed E-state index contributed by atoms with van der Waals surface area (Å²) in [6.07, 6.45) is 2.03. The number of hydrogen-bond donors (Lipinski definition) is 2. The van der Waals surface area contributed by atoms with Gasteiger partial charge >= 0.3 is 5.97 Å². The Hall–Kier alpha value is -1.91. The molecular weight excluding hydrogens is 261 g/mol. The predicted molar refractivity (Wildman–Crippen MR) is 72.7 cm³/mol. The molecule has 4 nitrogen and oxygen atoms in total. The van der Waals surface area contributed by atoms with E-state index in [1.54, 1.807) is 0 Å². The van der Waals surface area contributed by atoms with E-state index in [2.05, 4.69) is 5.32 Å². The number of carbonyl (C=O) groups is 2. The van der Waals surface area contributed by atoms with Crippen LogP contribution >= 0.6 is 0 Å². The highest BCUT2D eigenvalue weighted by atomic mass is 19.1. The number of hydrogen-bond acceptors (Lipinski definition) is 2. The maximum Gasteiger partial charge on any atom is 0.307 e. The summed E-state index contributed by atoms with van der Waals surface area (Å²) in [6, 6.07) is 5.45. The van der Waals surface area contributed by atoms with E-state index in [1.807, 2.05) is 6.92 Å². The van der Waals surface area contributed by atoms with Crippen LogP contribution in [0.3, 0.4) is 0 Å². The first-order valence-electron chi connectivity index (χ1n) is 6.80. The Morgan fingerprint density at radius 3 is 2.40 bits per heavy atom. The molecule has 2 N–H and O–H groups in total. The highest BCUT2D eigenvalue weighted by Crippen LogP contribution is 2.39. The van der Waals surface area contributed by atoms with Crippen LogP contribution in [0.5, 0.6) is 0 Å². The molecule has 1 aliphatic carbocycles. The average Bonchev–Trinajstić information content (AvgIpc) is 2.86. The van der Waals surface area contributed by atoms with Crippen molar-refractivity contribution in [1.82, 2.24) is 0 Å². The van der Waals surface area contributed by atoms with E-state index in [1.165, 1.54) is 24.3 Å². The molecular formula is C15H18FNO3. The second-order valence-electron chi connectivity index (χ2n) is 5.29. The van der Waals surface area contributed by atoms with Crippen molar-refractivity contribution in [2.24, 2.45) is 17.8 Å². The summed E-state index contributed by atoms with van der Waals surface area (Å²) in [7, 11) is 0. The van der Waals surface area contributed by atoms with Crippen LogP contribution in [-0.4, -0.2) is 17.0 Å². The lowest BCUT2D eigenvalue weighted by atomic mass is 9.95. The molecule has 1 amide bonds. The van der Waals surface area contributed by atoms with Gasteiger partial charge in [-0.25, -0.2) is 4.39 Å². The summed E-state index contributed by atoms with van der Waals surface area (Å²) >= 11 is 0. The van der Waals surface area contributed by atoms with Crippen LogP contribution in [0.2, 0.25) is 0 Å². The molecule has 3 atom stereocenters. The number of rotatable bonds is 4. The van der Waals surface area contributed by atoms with Gasteiger partial charge in [0.05, 0.1) is 11.8 Å². The topological polar surface area (TPSA) is 66.4 Å². The van der Waals surface area contributed by atoms with E-state index >= 15 is 0 Å². The summed E-state index contributed by atoms with van der Waals surface area (Å²) in [5, 5.41) is 11.9. The normalized spacial score (nSPS) is 25.4. The molecule has 0 spiro atoms. The lowest BCUT2D eigenvalue weighted by Gasteiger charge is -2.15. The van der Waals surface area contributed by atoms with Crippen molar-refractivity contribution < 1.29 is 19.1 Å². The Kier molecular flexibility index (Phi) is 4.37. The number of carboxylic acid groups (broad SMARTS) is 1. The highest BCUT2D eigenvalue weighted by molar-refractivity contribution is 5.95. The van der Waals surface area contributed by atoms with Crippen LogP contribution in [0.25, 0.3) is 0 Å². The molecule has 0 aliphatic heterocycles. The van der Waals surface area contributed by atoms with Crippen LogP contribution in [0.4, 0.5) is 10.1 Å². The van der Waals surface area contributed by atoms with Crippen molar-refractivity contribution in [2.45, 2.75) is 26.2 Å². The van der Waals surface area contributed by atoms with Crippen molar-refractivity contribution in [3.63, 3.8) is 0 Å². The molecule has 2 rings (SSSR count). The van der Waals surface area contributed by atoms with Gasteiger partial charge in [0.25, 0.3) is 0 Å². The van der Waals surface area contributed by atoms with Gasteiger partial charge in [0.1, 0.15) is 5.82 Å². The van der Waals surface area contributed by atoms with Crippen LogP contribution in [0.15, 0.2) is 24.3 Å². The smallest absolute Gasteiger partial charge is 0.307 e. The molecule has 0 aromatic heterocycles. The average molecular weight is 279 g/mol. The Morgan fingerprint density at radius 1 is 1.25 bits per heavy atom. The Labute approximate surface area is 117 Å². The second-order valence-corrected chi connectivity index (χ2v) is 5.29. The Morgan fingerprint density at radius 2 is 1.85 bits per heavy atom. The summed E-state index contributed by atoms with van der Waals surface area (Å²) in [4.78, 5) is 23.5. The number of amides is 1. The third kappa shape index (κ3) is 3.15. The number of carboxylic acids is 1. The van der Waals surface area contributed by atoms with Crippen LogP contribution < -0.4 is 5.32 Å². The van der Waals surface area contributed by atoms with Crippen molar-refractivity contribution in [3.8, 4) is 0 Å². The van der Waals surface area contributed by atoms with E-state index in [0.29, 0.717) is 18.5 Å². The van der Waals surface area contributed by atoms with Crippen molar-refractivity contribution in [3.05, 3.63) is 30.1 Å². The SMILES string of the molecule is CCC1C[C@H](C(=O)Nc2ccc(F)cc2)[C@H](C(=O)O)C1. The van der Waals surface area contributed by atoms with E-state index in [-0.39, 0.29) is 17.6 Å². The van der Waals surface area contributed by atoms with Gasteiger partial charge in [-0.15, -0.1) is 0 Å². The van der Waals surface area contributed by atoms with Crippen LogP contribution in [0.1, 0.15) is 26.2 Å². The third-order valence-corrected chi connectivity index (χ3v) is 4.00. The molecule has 0 bridgehead atoms. The zero-order valence-electron chi connectivity index (χ0n) is 11.3. The number of halogens is 1. The first-order valence-corrected chi connectivity index (χ1v) is 6.80. The fourth-order valence-electron chi connectivity index (χ4n) is 2.81. The molecule has 20 heavy (non-hydrogen) atoms. The van der Waals surface area contributed by atoms with Gasteiger partial charge in [-0.1, -0.05) is 13.3 Å². The van der Waals surface area contributed by atoms with Gasteiger partial charge in [-0.05, 0) is 43.0 Å². The molecule has 1 aliphatic rings. The quantitative estimate of drug-likeness (QED) is 0.890. The van der Waals surface area contributed by atoms with Gasteiger partial charge in [0.15, 0.2) is 0 Å². The zero-order chi connectivity index (χ0) is 14.7. The third-order valence-electron chi connectivity index (χ3n) is 4.00. The van der Waals surface area contributed by atoms with Crippen molar-refractivity contribution in [2.75, 3.05) is 5.32 Å². The highest BCUT2D eigenvalue weighted by Gasteiger charge is 2.42. The van der Waals surface area contributed by atoms with Crippen LogP contribution in [-0.2, 0) is 9.59 Å². The molecule has 1 aromatic carbocycles. The molecule has 0 saturated heterocycles. The Bertz CT molecular complexity index is 500. The number of anilines is 1. The standard InChI is InChI=1S/C15H18FNO3/c1-2-9-7-12(13(8-9)15(19)20)14(18)17-11-5-3-10(16)4-6-11/h3-6,9,12-13H,2,7-8H2,1H3,(H,17,18)(H,19,20)/t9?,12-,13+/m0/s1. The van der Waals surface area contributed by atoms with E-state index in [0.717, 1.165) is 6.42 Å². The molecule has 1 aromatic rings. The van der Waals surface area contributed by atoms with Crippen molar-refractivity contribution >= 4 is 17.6 Å². The molecule has 1 fully saturated rings. The molecule has 1 unspecified atom stereocenters. The fraction of sp³-hybridized carbons (Fsp3) is 0.467. The lowest BCUT2D eigenvalue weighted by Crippen LogP contribution is -2.29. The zero-order valence-corrected chi connectivity index (χ0v) is 11.3. The number of aliphatic carboxylic acids is 1. The van der Waals surface area contributed by atoms with Gasteiger partial charge < -0.3 is 10.4 Å². The largest absolute Gasteiger partial charge is 0.481 e. The minimum absolute atomic E-state index is 0.278. The summed E-state index contributed by atoms with van der Waals surface area (Å²) in [5.41, 5.74) is 0.487. The van der Waals surface area contributed by atoms with Crippen LogP contribution in [0, 0.1) is 23.6 Å². The monoisotopic (exact) mass is 279 g/mol. The predicted octanol–water partition coefficient (Wildman–Crippen LogP) is 2.90. The Balaban J connectivity index is 2.07. The summed E-state index contributed by atoms with van der Waals surface area (Å²) in [5.74, 6) is -2.44. The van der Waals surface area contributed by atoms with Gasteiger partial charge in [0, 0.05) is 5.69 Å². The molecule has 1 saturated carbocycles. The molecule has 0 radical (unpaired) electrons. The fourth-order valence-corrected chi connectivity index (χ4v) is 2.81. The maximum absolute atomic E-state index is 12.8. The first kappa shape index (κ1) is 14.5. The van der Waals surface area contributed by atoms with E-state index in [9.17, 15) is 19.1 Å². The maximum atomic E-state index is 12.8. The molecule has 5 heteroatoms. The molecule has 108 valence electrons. The summed E-state index contributed by atoms with van der Waals surface area (Å²) < 4.78 is 12.8. The number of nitrogens with one attached hydrogen (secondary N) is 1. The van der Waals surface area contributed by atoms with E-state index in [4.69, 9.17) is 0 Å². The number of benzene rings is 1. The minimum Gasteiger partial charge on any atom is -0.481 e. The molecule has 0 heterocycles. The van der Waals surface area contributed by atoms with Gasteiger partial charge in [-0.2, -0.15) is 0 Å². The van der Waals surface area contributed by atoms with Crippen molar-refractivity contribution in [1.29, 1.82) is 0 Å². The number of carbonyl (C=O) groups excluding carboxylic acids is 1. The van der Waals surface area contributed by atoms with E-state index < -0.39 is 17.8 Å². The first-order chi connectivity index (χ1) is 9.51. The second kappa shape index (κ2) is 6.03. The summed E-state index contributed by atoms with van der Waals surface area (Å²) in [6.45, 7) is 2.00.